The van der Waals surface area contributed by atoms with Crippen LogP contribution >= 0.6 is 0 Å². The van der Waals surface area contributed by atoms with Gasteiger partial charge >= 0.3 is 0 Å². The van der Waals surface area contributed by atoms with Crippen LogP contribution < -0.4 is 5.73 Å². The zero-order valence-electron chi connectivity index (χ0n) is 17.3. The molecule has 3 rings (SSSR count). The summed E-state index contributed by atoms with van der Waals surface area (Å²) in [5.74, 6) is 1.63. The highest BCUT2D eigenvalue weighted by atomic mass is 15.2. The third-order valence-corrected chi connectivity index (χ3v) is 5.96. The first-order valence-corrected chi connectivity index (χ1v) is 11.0. The Balaban J connectivity index is 1.45. The van der Waals surface area contributed by atoms with Crippen molar-refractivity contribution < 1.29 is 0 Å². The highest BCUT2D eigenvalue weighted by Crippen LogP contribution is 2.46. The predicted octanol–water partition coefficient (Wildman–Crippen LogP) is 5.51. The molecule has 1 aliphatic rings. The van der Waals surface area contributed by atoms with Crippen molar-refractivity contribution in [2.75, 3.05) is 0 Å². The first-order chi connectivity index (χ1) is 13.7. The van der Waals surface area contributed by atoms with Crippen molar-refractivity contribution in [2.24, 2.45) is 5.73 Å². The molecule has 0 aliphatic heterocycles. The van der Waals surface area contributed by atoms with E-state index in [1.54, 1.807) is 0 Å². The number of nitrogens with one attached hydrogen (secondary N) is 2. The largest absolute Gasteiger partial charge is 0.387 e. The van der Waals surface area contributed by atoms with Crippen LogP contribution in [0.5, 0.6) is 0 Å². The molecule has 5 heteroatoms. The minimum Gasteiger partial charge on any atom is -0.387 e. The van der Waals surface area contributed by atoms with Gasteiger partial charge in [-0.25, -0.2) is 4.98 Å². The lowest BCUT2D eigenvalue weighted by Crippen LogP contribution is -2.28. The minimum absolute atomic E-state index is 0.189. The van der Waals surface area contributed by atoms with Gasteiger partial charge in [0.2, 0.25) is 0 Å². The molecule has 2 aromatic rings. The molecule has 0 radical (unpaired) electrons. The molecule has 0 saturated heterocycles. The van der Waals surface area contributed by atoms with Crippen molar-refractivity contribution in [2.45, 2.75) is 89.4 Å². The molecule has 1 fully saturated rings. The average molecular weight is 382 g/mol. The number of aromatic amines is 1. The first-order valence-electron chi connectivity index (χ1n) is 11.0. The monoisotopic (exact) mass is 381 g/mol. The van der Waals surface area contributed by atoms with Crippen molar-refractivity contribution >= 4 is 5.84 Å². The number of benzene rings is 1. The molecule has 1 aromatic heterocycles. The molecule has 5 nitrogen and oxygen atoms in total. The third-order valence-electron chi connectivity index (χ3n) is 5.96. The van der Waals surface area contributed by atoms with Crippen molar-refractivity contribution in [1.82, 2.24) is 15.2 Å². The molecule has 0 unspecified atom stereocenters. The molecular formula is C23H35N5. The number of hydrogen-bond acceptors (Lipinski definition) is 3. The van der Waals surface area contributed by atoms with Gasteiger partial charge in [-0.1, -0.05) is 76.5 Å². The number of amidine groups is 1. The van der Waals surface area contributed by atoms with Crippen molar-refractivity contribution in [1.29, 1.82) is 5.41 Å². The molecule has 0 bridgehead atoms. The van der Waals surface area contributed by atoms with Crippen LogP contribution in [0.25, 0.3) is 11.4 Å². The normalized spacial score (nSPS) is 14.9. The number of aromatic nitrogens is 3. The number of nitrogens with zero attached hydrogens (tertiary/aromatic N) is 2. The first kappa shape index (κ1) is 20.6. The Morgan fingerprint density at radius 1 is 1.07 bits per heavy atom. The topological polar surface area (TPSA) is 91.4 Å². The van der Waals surface area contributed by atoms with Crippen LogP contribution in [0.1, 0.15) is 88.9 Å². The van der Waals surface area contributed by atoms with Crippen molar-refractivity contribution in [3.8, 4) is 11.4 Å². The lowest BCUT2D eigenvalue weighted by molar-refractivity contribution is 0.565. The zero-order valence-corrected chi connectivity index (χ0v) is 17.3. The summed E-state index contributed by atoms with van der Waals surface area (Å²) in [6, 6.07) is 8.54. The summed E-state index contributed by atoms with van der Waals surface area (Å²) < 4.78 is 0. The number of hydrogen-bond donors (Lipinski definition) is 3. The number of H-pyrrole nitrogens is 1. The lowest BCUT2D eigenvalue weighted by atomic mass is 10.0. The van der Waals surface area contributed by atoms with Gasteiger partial charge in [0.1, 0.15) is 11.7 Å². The van der Waals surface area contributed by atoms with E-state index in [2.05, 4.69) is 46.4 Å². The standard InChI is InChI=1S/C23H35N5/c1-2-3-4-5-6-7-8-9-10-12-18-13-11-14-19(17-18)20-26-22(28-27-20)23(15-16-23)21(24)25/h11,13-14,17H,2-10,12,15-16H2,1H3,(H3,24,25)(H,26,27,28). The Morgan fingerprint density at radius 2 is 1.75 bits per heavy atom. The summed E-state index contributed by atoms with van der Waals surface area (Å²) in [6.45, 7) is 2.27. The van der Waals surface area contributed by atoms with E-state index in [0.29, 0.717) is 5.82 Å². The fourth-order valence-corrected chi connectivity index (χ4v) is 3.87. The van der Waals surface area contributed by atoms with Crippen LogP contribution in [0.3, 0.4) is 0 Å². The number of unbranched alkanes of at least 4 members (excludes halogenated alkanes) is 8. The smallest absolute Gasteiger partial charge is 0.181 e. The Morgan fingerprint density at radius 3 is 2.39 bits per heavy atom. The van der Waals surface area contributed by atoms with Crippen LogP contribution in [0.2, 0.25) is 0 Å². The van der Waals surface area contributed by atoms with E-state index >= 15 is 0 Å². The van der Waals surface area contributed by atoms with E-state index in [-0.39, 0.29) is 11.3 Å². The lowest BCUT2D eigenvalue weighted by Gasteiger charge is -2.08. The number of nitrogens with two attached hydrogens (primary N) is 1. The maximum Gasteiger partial charge on any atom is 0.181 e. The van der Waals surface area contributed by atoms with E-state index in [9.17, 15) is 0 Å². The molecule has 1 aromatic carbocycles. The van der Waals surface area contributed by atoms with Gasteiger partial charge in [0.25, 0.3) is 0 Å². The predicted molar refractivity (Wildman–Crippen MR) is 116 cm³/mol. The summed E-state index contributed by atoms with van der Waals surface area (Å²) in [7, 11) is 0. The average Bonchev–Trinajstić information content (AvgIpc) is 3.37. The molecule has 1 heterocycles. The summed E-state index contributed by atoms with van der Waals surface area (Å²) in [5, 5.41) is 15.2. The van der Waals surface area contributed by atoms with Gasteiger partial charge in [-0.3, -0.25) is 10.5 Å². The van der Waals surface area contributed by atoms with Gasteiger partial charge in [0, 0.05) is 5.56 Å². The van der Waals surface area contributed by atoms with Crippen LogP contribution in [0.4, 0.5) is 0 Å². The zero-order chi connectivity index (χ0) is 19.8. The molecule has 4 N–H and O–H groups in total. The minimum atomic E-state index is -0.389. The third kappa shape index (κ3) is 5.21. The van der Waals surface area contributed by atoms with Crippen molar-refractivity contribution in [3.63, 3.8) is 0 Å². The second-order valence-corrected chi connectivity index (χ2v) is 8.28. The van der Waals surface area contributed by atoms with Crippen LogP contribution in [-0.2, 0) is 11.8 Å². The fraction of sp³-hybridized carbons (Fsp3) is 0.609. The molecule has 1 aliphatic carbocycles. The molecule has 0 amide bonds. The van der Waals surface area contributed by atoms with E-state index in [1.165, 1.54) is 63.4 Å². The van der Waals surface area contributed by atoms with E-state index in [1.807, 2.05) is 0 Å². The second kappa shape index (κ2) is 9.85. The van der Waals surface area contributed by atoms with E-state index in [4.69, 9.17) is 11.1 Å². The van der Waals surface area contributed by atoms with Gasteiger partial charge in [0.15, 0.2) is 5.82 Å². The maximum absolute atomic E-state index is 7.80. The quantitative estimate of drug-likeness (QED) is 0.242. The Hall–Kier alpha value is -2.17. The van der Waals surface area contributed by atoms with Gasteiger partial charge in [-0.2, -0.15) is 5.10 Å². The van der Waals surface area contributed by atoms with Crippen LogP contribution in [-0.4, -0.2) is 21.0 Å². The Labute approximate surface area is 169 Å². The van der Waals surface area contributed by atoms with Crippen molar-refractivity contribution in [3.05, 3.63) is 35.7 Å². The summed E-state index contributed by atoms with van der Waals surface area (Å²) >= 11 is 0. The second-order valence-electron chi connectivity index (χ2n) is 8.28. The maximum atomic E-state index is 7.80. The van der Waals surface area contributed by atoms with Gasteiger partial charge in [0.05, 0.1) is 5.41 Å². The summed E-state index contributed by atoms with van der Waals surface area (Å²) in [5.41, 5.74) is 7.75. The molecule has 1 saturated carbocycles. The summed E-state index contributed by atoms with van der Waals surface area (Å²) in [6.07, 6.45) is 15.1. The number of rotatable bonds is 13. The highest BCUT2D eigenvalue weighted by molar-refractivity contribution is 5.91. The SMILES string of the molecule is CCCCCCCCCCCc1cccc(-c2n[nH]c(C3(C(=N)N)CC3)n2)c1. The van der Waals surface area contributed by atoms with Crippen LogP contribution in [0, 0.1) is 5.41 Å². The van der Waals surface area contributed by atoms with Gasteiger partial charge < -0.3 is 5.73 Å². The molecule has 28 heavy (non-hydrogen) atoms. The molecular weight excluding hydrogens is 346 g/mol. The summed E-state index contributed by atoms with van der Waals surface area (Å²) in [4.78, 5) is 4.64. The number of aryl methyl sites for hydroxylation is 1. The fourth-order valence-electron chi connectivity index (χ4n) is 3.87. The molecule has 0 atom stereocenters. The van der Waals surface area contributed by atoms with Crippen LogP contribution in [0.15, 0.2) is 24.3 Å². The molecule has 0 spiro atoms. The Kier molecular flexibility index (Phi) is 7.24. The Bertz CT molecular complexity index is 760. The van der Waals surface area contributed by atoms with E-state index in [0.717, 1.165) is 30.7 Å². The molecule has 152 valence electrons. The highest BCUT2D eigenvalue weighted by Gasteiger charge is 2.50. The van der Waals surface area contributed by atoms with Gasteiger partial charge in [-0.05, 0) is 37.3 Å². The van der Waals surface area contributed by atoms with E-state index < -0.39 is 0 Å². The van der Waals surface area contributed by atoms with Gasteiger partial charge in [-0.15, -0.1) is 0 Å².